The number of carbonyl (C=O) groups is 1. The van der Waals surface area contributed by atoms with Gasteiger partial charge in [0, 0.05) is 37.2 Å². The Hall–Kier alpha value is -1.69. The third-order valence-electron chi connectivity index (χ3n) is 4.16. The van der Waals surface area contributed by atoms with Crippen molar-refractivity contribution >= 4 is 5.91 Å². The van der Waals surface area contributed by atoms with Gasteiger partial charge in [-0.1, -0.05) is 0 Å². The van der Waals surface area contributed by atoms with Crippen LogP contribution in [0.5, 0.6) is 0 Å². The third kappa shape index (κ3) is 5.26. The van der Waals surface area contributed by atoms with Gasteiger partial charge in [-0.25, -0.2) is 4.98 Å². The van der Waals surface area contributed by atoms with E-state index in [9.17, 15) is 9.59 Å². The fourth-order valence-electron chi connectivity index (χ4n) is 2.87. The molecule has 1 aliphatic rings. The number of aryl methyl sites for hydroxylation is 1. The standard InChI is InChI=1S/C16H26N4O2/c1-12-11-16(22)19-14(18-12)7-8-17-15(21)6-5-13(2)20-9-3-4-10-20/h11,13H,3-10H2,1-2H3,(H,17,21)(H,18,19,22). The van der Waals surface area contributed by atoms with Gasteiger partial charge in [-0.2, -0.15) is 0 Å². The SMILES string of the molecule is Cc1cc(=O)[nH]c(CCNC(=O)CCC(C)N2CCCC2)n1. The van der Waals surface area contributed by atoms with Crippen LogP contribution in [0.25, 0.3) is 0 Å². The van der Waals surface area contributed by atoms with Crippen molar-refractivity contribution in [2.45, 2.75) is 52.0 Å². The average molecular weight is 306 g/mol. The summed E-state index contributed by atoms with van der Waals surface area (Å²) < 4.78 is 0. The minimum atomic E-state index is -0.145. The van der Waals surface area contributed by atoms with E-state index in [1.54, 1.807) is 6.92 Å². The first-order valence-corrected chi connectivity index (χ1v) is 8.12. The van der Waals surface area contributed by atoms with Crippen LogP contribution < -0.4 is 10.9 Å². The van der Waals surface area contributed by atoms with E-state index in [4.69, 9.17) is 0 Å². The normalized spacial score (nSPS) is 16.6. The maximum absolute atomic E-state index is 11.9. The lowest BCUT2D eigenvalue weighted by Gasteiger charge is -2.23. The first-order valence-electron chi connectivity index (χ1n) is 8.12. The summed E-state index contributed by atoms with van der Waals surface area (Å²) in [5.41, 5.74) is 0.553. The zero-order valence-electron chi connectivity index (χ0n) is 13.5. The molecule has 1 aromatic rings. The predicted molar refractivity (Wildman–Crippen MR) is 85.8 cm³/mol. The van der Waals surface area contributed by atoms with Crippen LogP contribution in [0, 0.1) is 6.92 Å². The maximum Gasteiger partial charge on any atom is 0.251 e. The summed E-state index contributed by atoms with van der Waals surface area (Å²) in [5, 5.41) is 2.90. The van der Waals surface area contributed by atoms with Gasteiger partial charge in [-0.05, 0) is 46.2 Å². The van der Waals surface area contributed by atoms with Crippen molar-refractivity contribution in [1.29, 1.82) is 0 Å². The summed E-state index contributed by atoms with van der Waals surface area (Å²) in [5.74, 6) is 0.691. The van der Waals surface area contributed by atoms with Crippen molar-refractivity contribution < 1.29 is 4.79 Å². The summed E-state index contributed by atoms with van der Waals surface area (Å²) in [6.07, 6.45) is 4.54. The Morgan fingerprint density at radius 1 is 1.45 bits per heavy atom. The Morgan fingerprint density at radius 3 is 2.86 bits per heavy atom. The lowest BCUT2D eigenvalue weighted by atomic mass is 10.1. The second-order valence-electron chi connectivity index (χ2n) is 6.06. The van der Waals surface area contributed by atoms with Crippen LogP contribution in [0.2, 0.25) is 0 Å². The minimum Gasteiger partial charge on any atom is -0.356 e. The molecule has 0 aromatic carbocycles. The molecule has 6 heteroatoms. The molecule has 1 saturated heterocycles. The van der Waals surface area contributed by atoms with Gasteiger partial charge in [0.15, 0.2) is 0 Å². The van der Waals surface area contributed by atoms with Crippen molar-refractivity contribution in [3.8, 4) is 0 Å². The van der Waals surface area contributed by atoms with E-state index in [1.807, 2.05) is 0 Å². The van der Waals surface area contributed by atoms with E-state index in [2.05, 4.69) is 27.1 Å². The molecule has 1 aliphatic heterocycles. The van der Waals surface area contributed by atoms with Gasteiger partial charge in [0.25, 0.3) is 5.56 Å². The van der Waals surface area contributed by atoms with Crippen LogP contribution in [0.4, 0.5) is 0 Å². The fraction of sp³-hybridized carbons (Fsp3) is 0.688. The lowest BCUT2D eigenvalue weighted by Crippen LogP contribution is -2.32. The fourth-order valence-corrected chi connectivity index (χ4v) is 2.87. The van der Waals surface area contributed by atoms with E-state index < -0.39 is 0 Å². The predicted octanol–water partition coefficient (Wildman–Crippen LogP) is 1.00. The molecule has 0 saturated carbocycles. The molecule has 1 aromatic heterocycles. The van der Waals surface area contributed by atoms with E-state index in [0.717, 1.165) is 19.5 Å². The van der Waals surface area contributed by atoms with Gasteiger partial charge >= 0.3 is 0 Å². The molecule has 0 radical (unpaired) electrons. The Balaban J connectivity index is 1.66. The zero-order chi connectivity index (χ0) is 15.9. The Morgan fingerprint density at radius 2 is 2.18 bits per heavy atom. The first kappa shape index (κ1) is 16.7. The first-order chi connectivity index (χ1) is 10.5. The van der Waals surface area contributed by atoms with Crippen LogP contribution >= 0.6 is 0 Å². The summed E-state index contributed by atoms with van der Waals surface area (Å²) in [4.78, 5) is 32.6. The lowest BCUT2D eigenvalue weighted by molar-refractivity contribution is -0.121. The topological polar surface area (TPSA) is 78.1 Å². The van der Waals surface area contributed by atoms with Crippen molar-refractivity contribution in [3.63, 3.8) is 0 Å². The summed E-state index contributed by atoms with van der Waals surface area (Å²) in [6.45, 7) is 6.81. The Kier molecular flexibility index (Phi) is 6.12. The van der Waals surface area contributed by atoms with E-state index >= 15 is 0 Å². The van der Waals surface area contributed by atoms with Gasteiger partial charge in [0.05, 0.1) is 0 Å². The van der Waals surface area contributed by atoms with Gasteiger partial charge < -0.3 is 15.2 Å². The molecule has 1 amide bonds. The zero-order valence-corrected chi connectivity index (χ0v) is 13.5. The van der Waals surface area contributed by atoms with Gasteiger partial charge in [-0.15, -0.1) is 0 Å². The number of H-pyrrole nitrogens is 1. The number of hydrogen-bond donors (Lipinski definition) is 2. The highest BCUT2D eigenvalue weighted by molar-refractivity contribution is 5.75. The molecular weight excluding hydrogens is 280 g/mol. The van der Waals surface area contributed by atoms with Crippen molar-refractivity contribution in [2.24, 2.45) is 0 Å². The van der Waals surface area contributed by atoms with E-state index in [-0.39, 0.29) is 11.5 Å². The van der Waals surface area contributed by atoms with Crippen molar-refractivity contribution in [1.82, 2.24) is 20.2 Å². The van der Waals surface area contributed by atoms with E-state index in [1.165, 1.54) is 18.9 Å². The van der Waals surface area contributed by atoms with Gasteiger partial charge in [0.2, 0.25) is 5.91 Å². The van der Waals surface area contributed by atoms with Gasteiger partial charge in [0.1, 0.15) is 5.82 Å². The highest BCUT2D eigenvalue weighted by Gasteiger charge is 2.18. The van der Waals surface area contributed by atoms with Gasteiger partial charge in [-0.3, -0.25) is 9.59 Å². The Bertz CT molecular complexity index is 549. The number of likely N-dealkylation sites (tertiary alicyclic amines) is 1. The summed E-state index contributed by atoms with van der Waals surface area (Å²) >= 11 is 0. The number of nitrogens with one attached hydrogen (secondary N) is 2. The second kappa shape index (κ2) is 8.08. The highest BCUT2D eigenvalue weighted by Crippen LogP contribution is 2.14. The number of carbonyl (C=O) groups excluding carboxylic acids is 1. The second-order valence-corrected chi connectivity index (χ2v) is 6.06. The minimum absolute atomic E-state index is 0.0704. The van der Waals surface area contributed by atoms with Crippen LogP contribution in [0.1, 0.15) is 44.1 Å². The quantitative estimate of drug-likeness (QED) is 0.788. The number of aromatic amines is 1. The van der Waals surface area contributed by atoms with Crippen LogP contribution in [0.15, 0.2) is 10.9 Å². The molecule has 2 N–H and O–H groups in total. The smallest absolute Gasteiger partial charge is 0.251 e. The molecule has 2 heterocycles. The molecule has 1 atom stereocenters. The van der Waals surface area contributed by atoms with Crippen LogP contribution in [-0.2, 0) is 11.2 Å². The maximum atomic E-state index is 11.9. The number of rotatable bonds is 7. The molecule has 122 valence electrons. The molecule has 6 nitrogen and oxygen atoms in total. The largest absolute Gasteiger partial charge is 0.356 e. The number of amides is 1. The molecule has 1 fully saturated rings. The average Bonchev–Trinajstić information content (AvgIpc) is 2.98. The number of aromatic nitrogens is 2. The molecule has 22 heavy (non-hydrogen) atoms. The van der Waals surface area contributed by atoms with E-state index in [0.29, 0.717) is 36.9 Å². The number of hydrogen-bond acceptors (Lipinski definition) is 4. The van der Waals surface area contributed by atoms with Crippen LogP contribution in [-0.4, -0.2) is 46.5 Å². The monoisotopic (exact) mass is 306 g/mol. The molecule has 0 spiro atoms. The third-order valence-corrected chi connectivity index (χ3v) is 4.16. The molecule has 0 aliphatic carbocycles. The van der Waals surface area contributed by atoms with Crippen LogP contribution in [0.3, 0.4) is 0 Å². The Labute approximate surface area is 131 Å². The number of nitrogens with zero attached hydrogens (tertiary/aromatic N) is 2. The molecule has 0 bridgehead atoms. The summed E-state index contributed by atoms with van der Waals surface area (Å²) in [6, 6.07) is 1.94. The molecule has 1 unspecified atom stereocenters. The highest BCUT2D eigenvalue weighted by atomic mass is 16.1. The molecule has 2 rings (SSSR count). The summed E-state index contributed by atoms with van der Waals surface area (Å²) in [7, 11) is 0. The molecular formula is C16H26N4O2. The van der Waals surface area contributed by atoms with Crippen molar-refractivity contribution in [3.05, 3.63) is 27.9 Å². The van der Waals surface area contributed by atoms with Crippen molar-refractivity contribution in [2.75, 3.05) is 19.6 Å².